The van der Waals surface area contributed by atoms with Crippen LogP contribution < -0.4 is 15.1 Å². The maximum absolute atomic E-state index is 11.9. The van der Waals surface area contributed by atoms with Crippen LogP contribution in [0.1, 0.15) is 40.0 Å². The number of nitrogens with one attached hydrogen (secondary N) is 1. The van der Waals surface area contributed by atoms with Crippen molar-refractivity contribution in [2.45, 2.75) is 40.0 Å². The second kappa shape index (κ2) is 8.71. The molecule has 2 rings (SSSR count). The van der Waals surface area contributed by atoms with Crippen molar-refractivity contribution < 1.29 is 9.59 Å². The molecule has 1 fully saturated rings. The van der Waals surface area contributed by atoms with Gasteiger partial charge in [-0.2, -0.15) is 0 Å². The predicted molar refractivity (Wildman–Crippen MR) is 98.4 cm³/mol. The van der Waals surface area contributed by atoms with Gasteiger partial charge in [0.15, 0.2) is 0 Å². The molecular weight excluding hydrogens is 302 g/mol. The Morgan fingerprint density at radius 2 is 1.83 bits per heavy atom. The average molecular weight is 331 g/mol. The minimum absolute atomic E-state index is 0.0654. The number of benzene rings is 1. The van der Waals surface area contributed by atoms with Gasteiger partial charge in [-0.05, 0) is 49.4 Å². The summed E-state index contributed by atoms with van der Waals surface area (Å²) in [4.78, 5) is 27.7. The van der Waals surface area contributed by atoms with E-state index in [1.165, 1.54) is 30.4 Å². The third kappa shape index (κ3) is 4.98. The van der Waals surface area contributed by atoms with Gasteiger partial charge >= 0.3 is 0 Å². The monoisotopic (exact) mass is 331 g/mol. The van der Waals surface area contributed by atoms with E-state index >= 15 is 0 Å². The van der Waals surface area contributed by atoms with Crippen molar-refractivity contribution in [3.63, 3.8) is 0 Å². The largest absolute Gasteiger partial charge is 0.372 e. The number of amides is 2. The number of nitrogens with zero attached hydrogens (tertiary/aromatic N) is 2. The highest BCUT2D eigenvalue weighted by molar-refractivity contribution is 5.97. The Balaban J connectivity index is 2.03. The van der Waals surface area contributed by atoms with Crippen molar-refractivity contribution in [1.29, 1.82) is 0 Å². The molecule has 0 spiro atoms. The zero-order chi connectivity index (χ0) is 17.5. The van der Waals surface area contributed by atoms with Crippen LogP contribution in [-0.2, 0) is 9.59 Å². The van der Waals surface area contributed by atoms with Crippen LogP contribution in [0.4, 0.5) is 11.4 Å². The minimum atomic E-state index is -0.124. The molecule has 1 heterocycles. The van der Waals surface area contributed by atoms with Crippen LogP contribution in [0.3, 0.4) is 0 Å². The van der Waals surface area contributed by atoms with Crippen LogP contribution in [0.15, 0.2) is 24.3 Å². The second-order valence-corrected chi connectivity index (χ2v) is 6.64. The summed E-state index contributed by atoms with van der Waals surface area (Å²) in [6, 6.07) is 7.96. The first-order valence-corrected chi connectivity index (χ1v) is 8.91. The first kappa shape index (κ1) is 18.3. The highest BCUT2D eigenvalue weighted by Crippen LogP contribution is 2.25. The number of hydrogen-bond acceptors (Lipinski definition) is 3. The number of rotatable bonds is 6. The molecule has 0 saturated carbocycles. The van der Waals surface area contributed by atoms with Crippen molar-refractivity contribution >= 4 is 23.2 Å². The van der Waals surface area contributed by atoms with Crippen molar-refractivity contribution in [3.05, 3.63) is 24.3 Å². The van der Waals surface area contributed by atoms with Gasteiger partial charge in [0.05, 0.1) is 0 Å². The summed E-state index contributed by atoms with van der Waals surface area (Å²) in [6.45, 7) is 8.66. The zero-order valence-corrected chi connectivity index (χ0v) is 15.0. The summed E-state index contributed by atoms with van der Waals surface area (Å²) in [7, 11) is 0. The molecule has 24 heavy (non-hydrogen) atoms. The Morgan fingerprint density at radius 3 is 2.38 bits per heavy atom. The van der Waals surface area contributed by atoms with Crippen LogP contribution in [0.5, 0.6) is 0 Å². The predicted octanol–water partition coefficient (Wildman–Crippen LogP) is 2.80. The maximum Gasteiger partial charge on any atom is 0.240 e. The van der Waals surface area contributed by atoms with Gasteiger partial charge in [0, 0.05) is 37.9 Å². The molecule has 0 unspecified atom stereocenters. The quantitative estimate of drug-likeness (QED) is 0.872. The lowest BCUT2D eigenvalue weighted by Gasteiger charge is -2.32. The van der Waals surface area contributed by atoms with Crippen LogP contribution in [0.25, 0.3) is 0 Å². The van der Waals surface area contributed by atoms with Gasteiger partial charge in [0.25, 0.3) is 0 Å². The lowest BCUT2D eigenvalue weighted by molar-refractivity contribution is -0.123. The lowest BCUT2D eigenvalue weighted by atomic mass is 9.99. The Bertz CT molecular complexity index is 548. The molecule has 1 aromatic rings. The van der Waals surface area contributed by atoms with Crippen molar-refractivity contribution in [3.8, 4) is 0 Å². The van der Waals surface area contributed by atoms with Gasteiger partial charge < -0.3 is 15.1 Å². The molecule has 0 atom stereocenters. The molecule has 1 aliphatic heterocycles. The van der Waals surface area contributed by atoms with E-state index in [2.05, 4.69) is 17.1 Å². The molecule has 5 nitrogen and oxygen atoms in total. The van der Waals surface area contributed by atoms with Crippen molar-refractivity contribution in [2.75, 3.05) is 36.0 Å². The van der Waals surface area contributed by atoms with Crippen molar-refractivity contribution in [1.82, 2.24) is 5.32 Å². The molecule has 1 aromatic carbocycles. The molecule has 0 aliphatic carbocycles. The molecule has 1 N–H and O–H groups in total. The SMILES string of the molecule is CCCNC(=O)CN(C(C)=O)c1ccc(N2CCC(C)CC2)cc1. The summed E-state index contributed by atoms with van der Waals surface area (Å²) in [5, 5.41) is 2.81. The Labute approximate surface area is 145 Å². The fourth-order valence-corrected chi connectivity index (χ4v) is 2.96. The third-order valence-electron chi connectivity index (χ3n) is 4.56. The molecule has 1 saturated heterocycles. The Hall–Kier alpha value is -2.04. The van der Waals surface area contributed by atoms with Crippen LogP contribution in [0, 0.1) is 5.92 Å². The van der Waals surface area contributed by atoms with E-state index in [1.54, 1.807) is 0 Å². The van der Waals surface area contributed by atoms with E-state index in [9.17, 15) is 9.59 Å². The molecule has 0 radical (unpaired) electrons. The molecular formula is C19H29N3O2. The van der Waals surface area contributed by atoms with Gasteiger partial charge in [-0.25, -0.2) is 0 Å². The minimum Gasteiger partial charge on any atom is -0.372 e. The Morgan fingerprint density at radius 1 is 1.21 bits per heavy atom. The Kier molecular flexibility index (Phi) is 6.64. The normalized spacial score (nSPS) is 15.2. The number of carbonyl (C=O) groups is 2. The van der Waals surface area contributed by atoms with Crippen LogP contribution >= 0.6 is 0 Å². The average Bonchev–Trinajstić information content (AvgIpc) is 2.58. The topological polar surface area (TPSA) is 52.7 Å². The summed E-state index contributed by atoms with van der Waals surface area (Å²) in [5.41, 5.74) is 1.95. The van der Waals surface area contributed by atoms with Gasteiger partial charge in [-0.15, -0.1) is 0 Å². The van der Waals surface area contributed by atoms with Gasteiger partial charge in [0.2, 0.25) is 11.8 Å². The molecule has 5 heteroatoms. The molecule has 132 valence electrons. The maximum atomic E-state index is 11.9. The van der Waals surface area contributed by atoms with Crippen LogP contribution in [-0.4, -0.2) is 38.0 Å². The van der Waals surface area contributed by atoms with E-state index < -0.39 is 0 Å². The highest BCUT2D eigenvalue weighted by atomic mass is 16.2. The van der Waals surface area contributed by atoms with Gasteiger partial charge in [-0.3, -0.25) is 9.59 Å². The number of piperidine rings is 1. The third-order valence-corrected chi connectivity index (χ3v) is 4.56. The molecule has 2 amide bonds. The number of anilines is 2. The standard InChI is InChI=1S/C19H29N3O2/c1-4-11-20-19(24)14-22(16(3)23)18-7-5-17(6-8-18)21-12-9-15(2)10-13-21/h5-8,15H,4,9-14H2,1-3H3,(H,20,24). The van der Waals surface area contributed by atoms with Gasteiger partial charge in [-0.1, -0.05) is 13.8 Å². The first-order valence-electron chi connectivity index (χ1n) is 8.91. The number of hydrogen-bond donors (Lipinski definition) is 1. The number of carbonyl (C=O) groups excluding carboxylic acids is 2. The fourth-order valence-electron chi connectivity index (χ4n) is 2.96. The summed E-state index contributed by atoms with van der Waals surface area (Å²) >= 11 is 0. The zero-order valence-electron chi connectivity index (χ0n) is 15.0. The van der Waals surface area contributed by atoms with E-state index in [-0.39, 0.29) is 18.4 Å². The van der Waals surface area contributed by atoms with E-state index in [1.807, 2.05) is 31.2 Å². The van der Waals surface area contributed by atoms with Crippen molar-refractivity contribution in [2.24, 2.45) is 5.92 Å². The van der Waals surface area contributed by atoms with Crippen LogP contribution in [0.2, 0.25) is 0 Å². The molecule has 0 bridgehead atoms. The van der Waals surface area contributed by atoms with E-state index in [0.29, 0.717) is 6.54 Å². The summed E-state index contributed by atoms with van der Waals surface area (Å²) in [5.74, 6) is 0.553. The lowest BCUT2D eigenvalue weighted by Crippen LogP contribution is -2.40. The summed E-state index contributed by atoms with van der Waals surface area (Å²) < 4.78 is 0. The second-order valence-electron chi connectivity index (χ2n) is 6.64. The first-order chi connectivity index (χ1) is 11.5. The smallest absolute Gasteiger partial charge is 0.240 e. The van der Waals surface area contributed by atoms with E-state index in [0.717, 1.165) is 31.1 Å². The summed E-state index contributed by atoms with van der Waals surface area (Å²) in [6.07, 6.45) is 3.33. The molecule has 1 aliphatic rings. The molecule has 0 aromatic heterocycles. The van der Waals surface area contributed by atoms with E-state index in [4.69, 9.17) is 0 Å². The fraction of sp³-hybridized carbons (Fsp3) is 0.579. The highest BCUT2D eigenvalue weighted by Gasteiger charge is 2.18. The van der Waals surface area contributed by atoms with Gasteiger partial charge in [0.1, 0.15) is 6.54 Å².